The molecule has 0 atom stereocenters. The second-order valence-corrected chi connectivity index (χ2v) is 8.50. The Morgan fingerprint density at radius 2 is 1.63 bits per heavy atom. The number of carbonyl (C=O) groups is 1. The maximum atomic E-state index is 12.0. The Labute approximate surface area is 173 Å². The zero-order chi connectivity index (χ0) is 18.9. The maximum Gasteiger partial charge on any atom is 0.230 e. The van der Waals surface area contributed by atoms with Crippen molar-refractivity contribution in [3.8, 4) is 0 Å². The third-order valence-corrected chi connectivity index (χ3v) is 5.97. The Hall–Kier alpha value is -1.34. The molecule has 2 aromatic rings. The molecule has 1 saturated heterocycles. The van der Waals surface area contributed by atoms with Crippen molar-refractivity contribution in [3.63, 3.8) is 0 Å². The molecule has 0 aliphatic carbocycles. The van der Waals surface area contributed by atoms with Crippen molar-refractivity contribution in [1.82, 2.24) is 10.2 Å². The predicted molar refractivity (Wildman–Crippen MR) is 115 cm³/mol. The van der Waals surface area contributed by atoms with Crippen LogP contribution < -0.4 is 5.32 Å². The zero-order valence-corrected chi connectivity index (χ0v) is 17.7. The smallest absolute Gasteiger partial charge is 0.230 e. The summed E-state index contributed by atoms with van der Waals surface area (Å²) < 4.78 is 6.46. The summed E-state index contributed by atoms with van der Waals surface area (Å²) in [6.45, 7) is 5.18. The van der Waals surface area contributed by atoms with Crippen LogP contribution in [0, 0.1) is 0 Å². The van der Waals surface area contributed by atoms with Crippen LogP contribution in [0.4, 0.5) is 0 Å². The van der Waals surface area contributed by atoms with Crippen molar-refractivity contribution in [3.05, 3.63) is 69.7 Å². The van der Waals surface area contributed by atoms with Crippen molar-refractivity contribution in [2.45, 2.75) is 18.8 Å². The van der Waals surface area contributed by atoms with Gasteiger partial charge >= 0.3 is 0 Å². The summed E-state index contributed by atoms with van der Waals surface area (Å²) in [5.74, 6) is 1.40. The van der Waals surface area contributed by atoms with E-state index in [2.05, 4.69) is 62.5 Å². The SMILES string of the molecule is O=C(CSCc1ccc(Br)cc1)NCc1ccc(CN2CCOCC2)cc1. The molecule has 0 spiro atoms. The molecule has 0 radical (unpaired) electrons. The van der Waals surface area contributed by atoms with E-state index in [1.165, 1.54) is 11.1 Å². The molecule has 27 heavy (non-hydrogen) atoms. The first-order chi connectivity index (χ1) is 13.2. The van der Waals surface area contributed by atoms with E-state index in [-0.39, 0.29) is 5.91 Å². The summed E-state index contributed by atoms with van der Waals surface area (Å²) in [6.07, 6.45) is 0. The Kier molecular flexibility index (Phi) is 8.20. The van der Waals surface area contributed by atoms with Gasteiger partial charge in [0.2, 0.25) is 5.91 Å². The molecule has 0 aromatic heterocycles. The van der Waals surface area contributed by atoms with Crippen molar-refractivity contribution in [1.29, 1.82) is 0 Å². The van der Waals surface area contributed by atoms with Gasteiger partial charge in [-0.2, -0.15) is 0 Å². The standard InChI is InChI=1S/C21H25BrN2O2S/c22-20-7-5-19(6-8-20)15-27-16-21(25)23-13-17-1-3-18(4-2-17)14-24-9-11-26-12-10-24/h1-8H,9-16H2,(H,23,25). The quantitative estimate of drug-likeness (QED) is 0.665. The molecule has 1 fully saturated rings. The summed E-state index contributed by atoms with van der Waals surface area (Å²) in [6, 6.07) is 16.7. The van der Waals surface area contributed by atoms with Crippen LogP contribution in [0.1, 0.15) is 16.7 Å². The van der Waals surface area contributed by atoms with Gasteiger partial charge in [0.1, 0.15) is 0 Å². The predicted octanol–water partition coefficient (Wildman–Crippen LogP) is 3.83. The largest absolute Gasteiger partial charge is 0.379 e. The molecule has 6 heteroatoms. The lowest BCUT2D eigenvalue weighted by atomic mass is 10.1. The topological polar surface area (TPSA) is 41.6 Å². The number of hydrogen-bond acceptors (Lipinski definition) is 4. The summed E-state index contributed by atoms with van der Waals surface area (Å²) in [5, 5.41) is 3.00. The molecular formula is C21H25BrN2O2S. The fourth-order valence-electron chi connectivity index (χ4n) is 2.87. The van der Waals surface area contributed by atoms with Crippen molar-refractivity contribution < 1.29 is 9.53 Å². The second-order valence-electron chi connectivity index (χ2n) is 6.60. The fourth-order valence-corrected chi connectivity index (χ4v) is 3.96. The molecule has 144 valence electrons. The van der Waals surface area contributed by atoms with Crippen LogP contribution in [-0.4, -0.2) is 42.9 Å². The minimum absolute atomic E-state index is 0.0782. The summed E-state index contributed by atoms with van der Waals surface area (Å²) >= 11 is 5.06. The minimum atomic E-state index is 0.0782. The molecule has 1 aliphatic rings. The highest BCUT2D eigenvalue weighted by molar-refractivity contribution is 9.10. The lowest BCUT2D eigenvalue weighted by Gasteiger charge is -2.26. The van der Waals surface area contributed by atoms with Crippen LogP contribution in [-0.2, 0) is 28.4 Å². The third-order valence-electron chi connectivity index (χ3n) is 4.44. The van der Waals surface area contributed by atoms with Gasteiger partial charge in [0.05, 0.1) is 19.0 Å². The molecule has 2 aromatic carbocycles. The van der Waals surface area contributed by atoms with Gasteiger partial charge in [0.15, 0.2) is 0 Å². The number of hydrogen-bond donors (Lipinski definition) is 1. The van der Waals surface area contributed by atoms with Gasteiger partial charge in [-0.3, -0.25) is 9.69 Å². The van der Waals surface area contributed by atoms with E-state index in [4.69, 9.17) is 4.74 Å². The molecule has 1 amide bonds. The Morgan fingerprint density at radius 3 is 2.33 bits per heavy atom. The molecule has 1 aliphatic heterocycles. The number of benzene rings is 2. The number of nitrogens with zero attached hydrogens (tertiary/aromatic N) is 1. The van der Waals surface area contributed by atoms with Gasteiger partial charge in [0.25, 0.3) is 0 Å². The number of morpholine rings is 1. The number of amides is 1. The normalized spacial score (nSPS) is 14.9. The molecule has 3 rings (SSSR count). The molecule has 0 unspecified atom stereocenters. The summed E-state index contributed by atoms with van der Waals surface area (Å²) in [4.78, 5) is 14.4. The highest BCUT2D eigenvalue weighted by Gasteiger charge is 2.10. The first-order valence-corrected chi connectivity index (χ1v) is 11.1. The van der Waals surface area contributed by atoms with E-state index < -0.39 is 0 Å². The van der Waals surface area contributed by atoms with Crippen molar-refractivity contribution >= 4 is 33.6 Å². The maximum absolute atomic E-state index is 12.0. The molecule has 1 N–H and O–H groups in total. The van der Waals surface area contributed by atoms with E-state index in [1.54, 1.807) is 11.8 Å². The van der Waals surface area contributed by atoms with Gasteiger partial charge in [-0.1, -0.05) is 52.3 Å². The molecule has 0 saturated carbocycles. The average Bonchev–Trinajstić information content (AvgIpc) is 2.70. The van der Waals surface area contributed by atoms with Gasteiger partial charge in [0, 0.05) is 36.4 Å². The van der Waals surface area contributed by atoms with E-state index >= 15 is 0 Å². The Morgan fingerprint density at radius 1 is 1.00 bits per heavy atom. The van der Waals surface area contributed by atoms with Crippen LogP contribution in [0.5, 0.6) is 0 Å². The fraction of sp³-hybridized carbons (Fsp3) is 0.381. The summed E-state index contributed by atoms with van der Waals surface area (Å²) in [5.41, 5.74) is 3.66. The van der Waals surface area contributed by atoms with Gasteiger partial charge in [-0.05, 0) is 28.8 Å². The molecular weight excluding hydrogens is 424 g/mol. The number of halogens is 1. The van der Waals surface area contributed by atoms with Gasteiger partial charge in [-0.25, -0.2) is 0 Å². The van der Waals surface area contributed by atoms with E-state index in [0.717, 1.165) is 48.6 Å². The van der Waals surface area contributed by atoms with Crippen LogP contribution in [0.15, 0.2) is 53.0 Å². The van der Waals surface area contributed by atoms with Crippen LogP contribution in [0.3, 0.4) is 0 Å². The number of carbonyl (C=O) groups excluding carboxylic acids is 1. The number of thioether (sulfide) groups is 1. The van der Waals surface area contributed by atoms with Crippen LogP contribution >= 0.6 is 27.7 Å². The van der Waals surface area contributed by atoms with Crippen LogP contribution in [0.2, 0.25) is 0 Å². The monoisotopic (exact) mass is 448 g/mol. The first kappa shape index (κ1) is 20.4. The van der Waals surface area contributed by atoms with E-state index in [1.807, 2.05) is 12.1 Å². The minimum Gasteiger partial charge on any atom is -0.379 e. The third kappa shape index (κ3) is 7.30. The number of nitrogens with one attached hydrogen (secondary N) is 1. The Bertz CT molecular complexity index is 716. The molecule has 4 nitrogen and oxygen atoms in total. The van der Waals surface area contributed by atoms with Gasteiger partial charge in [-0.15, -0.1) is 11.8 Å². The van der Waals surface area contributed by atoms with E-state index in [0.29, 0.717) is 12.3 Å². The molecule has 1 heterocycles. The first-order valence-electron chi connectivity index (χ1n) is 9.16. The lowest BCUT2D eigenvalue weighted by Crippen LogP contribution is -2.35. The summed E-state index contributed by atoms with van der Waals surface area (Å²) in [7, 11) is 0. The highest BCUT2D eigenvalue weighted by atomic mass is 79.9. The highest BCUT2D eigenvalue weighted by Crippen LogP contribution is 2.16. The van der Waals surface area contributed by atoms with Crippen molar-refractivity contribution in [2.75, 3.05) is 32.1 Å². The Balaban J connectivity index is 1.35. The van der Waals surface area contributed by atoms with Crippen LogP contribution in [0.25, 0.3) is 0 Å². The van der Waals surface area contributed by atoms with E-state index in [9.17, 15) is 4.79 Å². The average molecular weight is 449 g/mol. The molecule has 0 bridgehead atoms. The second kappa shape index (κ2) is 10.9. The number of rotatable bonds is 8. The van der Waals surface area contributed by atoms with Gasteiger partial charge < -0.3 is 10.1 Å². The van der Waals surface area contributed by atoms with Crippen molar-refractivity contribution in [2.24, 2.45) is 0 Å². The lowest BCUT2D eigenvalue weighted by molar-refractivity contribution is -0.118. The zero-order valence-electron chi connectivity index (χ0n) is 15.3. The number of ether oxygens (including phenoxy) is 1.